The van der Waals surface area contributed by atoms with E-state index in [2.05, 4.69) is 5.16 Å². The molecule has 0 fully saturated rings. The fourth-order valence-electron chi connectivity index (χ4n) is 1.46. The van der Waals surface area contributed by atoms with Gasteiger partial charge < -0.3 is 10.3 Å². The molecule has 0 bridgehead atoms. The minimum Gasteiger partial charge on any atom is -0.367 e. The average Bonchev–Trinajstić information content (AvgIpc) is 2.56. The zero-order valence-electron chi connectivity index (χ0n) is 8.84. The second kappa shape index (κ2) is 3.59. The zero-order chi connectivity index (χ0) is 11.9. The molecule has 0 spiro atoms. The maximum absolute atomic E-state index is 13.8. The predicted octanol–water partition coefficient (Wildman–Crippen LogP) is 2.82. The van der Waals surface area contributed by atoms with Gasteiger partial charge in [0.25, 0.3) is 0 Å². The third kappa shape index (κ3) is 1.44. The van der Waals surface area contributed by atoms with Gasteiger partial charge in [0, 0.05) is 5.56 Å². The van der Waals surface area contributed by atoms with Crippen LogP contribution in [0.5, 0.6) is 0 Å². The Kier molecular flexibility index (Phi) is 2.38. The first-order chi connectivity index (χ1) is 7.52. The number of hydrogen-bond donors (Lipinski definition) is 1. The van der Waals surface area contributed by atoms with Gasteiger partial charge in [-0.3, -0.25) is 0 Å². The van der Waals surface area contributed by atoms with Gasteiger partial charge in [0.15, 0.2) is 0 Å². The molecule has 3 nitrogen and oxygen atoms in total. The van der Waals surface area contributed by atoms with Gasteiger partial charge in [-0.05, 0) is 25.5 Å². The highest BCUT2D eigenvalue weighted by molar-refractivity contribution is 5.68. The normalized spacial score (nSPS) is 10.8. The number of rotatable bonds is 1. The van der Waals surface area contributed by atoms with Crippen molar-refractivity contribution >= 4 is 5.88 Å². The van der Waals surface area contributed by atoms with Crippen LogP contribution in [0.25, 0.3) is 11.3 Å². The van der Waals surface area contributed by atoms with Gasteiger partial charge in [0.1, 0.15) is 17.3 Å². The molecule has 2 aromatic rings. The van der Waals surface area contributed by atoms with E-state index in [0.717, 1.165) is 0 Å². The van der Waals surface area contributed by atoms with Crippen molar-refractivity contribution in [3.8, 4) is 11.3 Å². The van der Waals surface area contributed by atoms with Gasteiger partial charge in [0.2, 0.25) is 5.88 Å². The van der Waals surface area contributed by atoms with Crippen molar-refractivity contribution in [3.05, 3.63) is 34.9 Å². The molecule has 0 atom stereocenters. The van der Waals surface area contributed by atoms with E-state index in [0.29, 0.717) is 11.1 Å². The summed E-state index contributed by atoms with van der Waals surface area (Å²) in [5.74, 6) is -1.26. The molecule has 0 aliphatic carbocycles. The van der Waals surface area contributed by atoms with Crippen LogP contribution < -0.4 is 5.73 Å². The number of anilines is 1. The number of nitrogens with zero attached hydrogens (tertiary/aromatic N) is 1. The van der Waals surface area contributed by atoms with E-state index in [9.17, 15) is 8.78 Å². The topological polar surface area (TPSA) is 52.0 Å². The van der Waals surface area contributed by atoms with Crippen LogP contribution in [0.2, 0.25) is 0 Å². The Morgan fingerprint density at radius 3 is 2.50 bits per heavy atom. The van der Waals surface area contributed by atoms with Crippen molar-refractivity contribution in [2.45, 2.75) is 13.8 Å². The summed E-state index contributed by atoms with van der Waals surface area (Å²) in [5, 5.41) is 3.57. The van der Waals surface area contributed by atoms with Crippen molar-refractivity contribution in [1.29, 1.82) is 0 Å². The lowest BCUT2D eigenvalue weighted by atomic mass is 10.0. The second-order valence-corrected chi connectivity index (χ2v) is 3.57. The van der Waals surface area contributed by atoms with Crippen LogP contribution >= 0.6 is 0 Å². The molecule has 0 aliphatic rings. The molecule has 2 rings (SSSR count). The molecule has 16 heavy (non-hydrogen) atoms. The van der Waals surface area contributed by atoms with E-state index in [4.69, 9.17) is 10.3 Å². The van der Waals surface area contributed by atoms with Gasteiger partial charge in [-0.15, -0.1) is 0 Å². The van der Waals surface area contributed by atoms with E-state index in [-0.39, 0.29) is 17.1 Å². The molecule has 0 amide bonds. The molecule has 0 unspecified atom stereocenters. The highest BCUT2D eigenvalue weighted by Gasteiger charge is 2.20. The molecule has 1 aromatic heterocycles. The number of halogens is 2. The quantitative estimate of drug-likeness (QED) is 0.810. The SMILES string of the molecule is Cc1ccc(F)c(-c2noc(N)c2C)c1F. The summed E-state index contributed by atoms with van der Waals surface area (Å²) in [5.41, 5.74) is 6.13. The van der Waals surface area contributed by atoms with Gasteiger partial charge in [0.05, 0.1) is 5.56 Å². The smallest absolute Gasteiger partial charge is 0.225 e. The molecule has 0 saturated carbocycles. The molecule has 0 saturated heterocycles. The number of hydrogen-bond acceptors (Lipinski definition) is 3. The van der Waals surface area contributed by atoms with Crippen molar-refractivity contribution in [1.82, 2.24) is 5.16 Å². The molecule has 2 N–H and O–H groups in total. The first kappa shape index (κ1) is 10.6. The lowest BCUT2D eigenvalue weighted by Crippen LogP contribution is -1.95. The number of aryl methyl sites for hydroxylation is 1. The number of nitrogen functional groups attached to an aromatic ring is 1. The first-order valence-corrected chi connectivity index (χ1v) is 4.69. The molecule has 1 heterocycles. The summed E-state index contributed by atoms with van der Waals surface area (Å²) < 4.78 is 32.0. The predicted molar refractivity (Wildman–Crippen MR) is 55.7 cm³/mol. The monoisotopic (exact) mass is 224 g/mol. The van der Waals surface area contributed by atoms with Crippen molar-refractivity contribution in [2.75, 3.05) is 5.73 Å². The van der Waals surface area contributed by atoms with E-state index in [1.165, 1.54) is 12.1 Å². The summed E-state index contributed by atoms with van der Waals surface area (Å²) in [6.45, 7) is 3.15. The summed E-state index contributed by atoms with van der Waals surface area (Å²) in [4.78, 5) is 0. The molecule has 0 aliphatic heterocycles. The van der Waals surface area contributed by atoms with E-state index >= 15 is 0 Å². The van der Waals surface area contributed by atoms with E-state index < -0.39 is 11.6 Å². The Morgan fingerprint density at radius 1 is 1.25 bits per heavy atom. The Labute approximate surface area is 90.9 Å². The first-order valence-electron chi connectivity index (χ1n) is 4.69. The fourth-order valence-corrected chi connectivity index (χ4v) is 1.46. The third-order valence-corrected chi connectivity index (χ3v) is 2.48. The van der Waals surface area contributed by atoms with Crippen LogP contribution in [0.4, 0.5) is 14.7 Å². The van der Waals surface area contributed by atoms with E-state index in [1.54, 1.807) is 13.8 Å². The van der Waals surface area contributed by atoms with Crippen LogP contribution in [-0.2, 0) is 0 Å². The van der Waals surface area contributed by atoms with Crippen LogP contribution in [0.3, 0.4) is 0 Å². The molecule has 5 heteroatoms. The lowest BCUT2D eigenvalue weighted by molar-refractivity contribution is 0.437. The molecular weight excluding hydrogens is 214 g/mol. The Balaban J connectivity index is 2.73. The van der Waals surface area contributed by atoms with Crippen molar-refractivity contribution in [3.63, 3.8) is 0 Å². The summed E-state index contributed by atoms with van der Waals surface area (Å²) in [7, 11) is 0. The number of aromatic nitrogens is 1. The molecule has 84 valence electrons. The largest absolute Gasteiger partial charge is 0.367 e. The Morgan fingerprint density at radius 2 is 1.94 bits per heavy atom. The van der Waals surface area contributed by atoms with Crippen LogP contribution in [0.1, 0.15) is 11.1 Å². The molecule has 1 aromatic carbocycles. The van der Waals surface area contributed by atoms with Gasteiger partial charge in [-0.25, -0.2) is 8.78 Å². The second-order valence-electron chi connectivity index (χ2n) is 3.57. The lowest BCUT2D eigenvalue weighted by Gasteiger charge is -2.04. The minimum atomic E-state index is -0.681. The van der Waals surface area contributed by atoms with Crippen molar-refractivity contribution in [2.24, 2.45) is 0 Å². The Hall–Kier alpha value is -1.91. The summed E-state index contributed by atoms with van der Waals surface area (Å²) in [6, 6.07) is 2.56. The van der Waals surface area contributed by atoms with Crippen LogP contribution in [0, 0.1) is 25.5 Å². The highest BCUT2D eigenvalue weighted by atomic mass is 19.1. The molecule has 0 radical (unpaired) electrons. The number of nitrogens with two attached hydrogens (primary N) is 1. The standard InChI is InChI=1S/C11H10F2N2O/c1-5-3-4-7(12)8(9(5)13)10-6(2)11(14)16-15-10/h3-4H,14H2,1-2H3. The van der Waals surface area contributed by atoms with Gasteiger partial charge >= 0.3 is 0 Å². The van der Waals surface area contributed by atoms with Crippen molar-refractivity contribution < 1.29 is 13.3 Å². The maximum atomic E-state index is 13.8. The number of benzene rings is 1. The zero-order valence-corrected chi connectivity index (χ0v) is 8.84. The summed E-state index contributed by atoms with van der Waals surface area (Å²) >= 11 is 0. The summed E-state index contributed by atoms with van der Waals surface area (Å²) in [6.07, 6.45) is 0. The van der Waals surface area contributed by atoms with Gasteiger partial charge in [-0.1, -0.05) is 11.2 Å². The fraction of sp³-hybridized carbons (Fsp3) is 0.182. The minimum absolute atomic E-state index is 0.0651. The average molecular weight is 224 g/mol. The van der Waals surface area contributed by atoms with E-state index in [1.807, 2.05) is 0 Å². The van der Waals surface area contributed by atoms with Crippen LogP contribution in [0.15, 0.2) is 16.7 Å². The molecular formula is C11H10F2N2O. The van der Waals surface area contributed by atoms with Crippen LogP contribution in [-0.4, -0.2) is 5.16 Å². The third-order valence-electron chi connectivity index (χ3n) is 2.48. The van der Waals surface area contributed by atoms with Gasteiger partial charge in [-0.2, -0.15) is 0 Å². The Bertz CT molecular complexity index is 549. The highest BCUT2D eigenvalue weighted by Crippen LogP contribution is 2.31. The maximum Gasteiger partial charge on any atom is 0.225 e.